The lowest BCUT2D eigenvalue weighted by Gasteiger charge is -2.10. The number of nitrogens with zero attached hydrogens (tertiary/aromatic N) is 1. The molecule has 0 aliphatic rings. The number of benzene rings is 2. The number of halogens is 1. The van der Waals surface area contributed by atoms with Crippen molar-refractivity contribution in [3.8, 4) is 0 Å². The van der Waals surface area contributed by atoms with Gasteiger partial charge < -0.3 is 5.32 Å². The number of rotatable bonds is 3. The molecule has 2 aromatic carbocycles. The van der Waals surface area contributed by atoms with Crippen LogP contribution >= 0.6 is 22.6 Å². The Kier molecular flexibility index (Phi) is 4.10. The third kappa shape index (κ3) is 3.35. The Morgan fingerprint density at radius 2 is 1.86 bits per heavy atom. The summed E-state index contributed by atoms with van der Waals surface area (Å²) in [7, 11) is 0. The predicted octanol–water partition coefficient (Wildman–Crippen LogP) is 5.07. The molecule has 0 fully saturated rings. The van der Waals surface area contributed by atoms with Gasteiger partial charge in [-0.1, -0.05) is 12.1 Å². The van der Waals surface area contributed by atoms with Gasteiger partial charge in [0.1, 0.15) is 0 Å². The van der Waals surface area contributed by atoms with Crippen molar-refractivity contribution in [2.24, 2.45) is 0 Å². The van der Waals surface area contributed by atoms with Crippen molar-refractivity contribution >= 4 is 39.2 Å². The minimum Gasteiger partial charge on any atom is -0.381 e. The van der Waals surface area contributed by atoms with E-state index in [4.69, 9.17) is 0 Å². The lowest BCUT2D eigenvalue weighted by atomic mass is 10.1. The molecule has 3 aromatic rings. The van der Waals surface area contributed by atoms with Crippen LogP contribution < -0.4 is 5.32 Å². The minimum absolute atomic E-state index is 0.825. The summed E-state index contributed by atoms with van der Waals surface area (Å²) in [6.07, 6.45) is 0. The SMILES string of the molecule is Cc1ccc2cc(CNc3ccc(I)cc3C)ccc2n1. The largest absolute Gasteiger partial charge is 0.381 e. The van der Waals surface area contributed by atoms with E-state index in [1.807, 2.05) is 6.92 Å². The zero-order valence-electron chi connectivity index (χ0n) is 12.2. The fraction of sp³-hybridized carbons (Fsp3) is 0.167. The Balaban J connectivity index is 1.80. The van der Waals surface area contributed by atoms with Crippen LogP contribution in [-0.2, 0) is 6.54 Å². The second-order valence-corrected chi connectivity index (χ2v) is 6.54. The monoisotopic (exact) mass is 388 g/mol. The van der Waals surface area contributed by atoms with Crippen LogP contribution in [0.25, 0.3) is 10.9 Å². The highest BCUT2D eigenvalue weighted by molar-refractivity contribution is 14.1. The van der Waals surface area contributed by atoms with Crippen molar-refractivity contribution in [3.63, 3.8) is 0 Å². The first-order valence-electron chi connectivity index (χ1n) is 6.98. The number of hydrogen-bond donors (Lipinski definition) is 1. The first-order chi connectivity index (χ1) is 10.1. The van der Waals surface area contributed by atoms with Gasteiger partial charge in [-0.25, -0.2) is 0 Å². The van der Waals surface area contributed by atoms with E-state index in [9.17, 15) is 0 Å². The zero-order chi connectivity index (χ0) is 14.8. The van der Waals surface area contributed by atoms with E-state index in [0.717, 1.165) is 17.8 Å². The van der Waals surface area contributed by atoms with Crippen molar-refractivity contribution in [1.29, 1.82) is 0 Å². The summed E-state index contributed by atoms with van der Waals surface area (Å²) < 4.78 is 1.27. The van der Waals surface area contributed by atoms with E-state index in [1.165, 1.54) is 25.8 Å². The topological polar surface area (TPSA) is 24.9 Å². The second kappa shape index (κ2) is 6.02. The number of fused-ring (bicyclic) bond motifs is 1. The van der Waals surface area contributed by atoms with E-state index in [2.05, 4.69) is 88.3 Å². The summed E-state index contributed by atoms with van der Waals surface area (Å²) in [5, 5.41) is 4.70. The highest BCUT2D eigenvalue weighted by atomic mass is 127. The number of nitrogens with one attached hydrogen (secondary N) is 1. The Hall–Kier alpha value is -1.62. The molecule has 0 saturated carbocycles. The molecule has 0 amide bonds. The molecule has 21 heavy (non-hydrogen) atoms. The van der Waals surface area contributed by atoms with Crippen LogP contribution in [0.15, 0.2) is 48.5 Å². The Morgan fingerprint density at radius 1 is 1.00 bits per heavy atom. The van der Waals surface area contributed by atoms with E-state index in [-0.39, 0.29) is 0 Å². The molecule has 0 atom stereocenters. The fourth-order valence-electron chi connectivity index (χ4n) is 2.41. The van der Waals surface area contributed by atoms with Gasteiger partial charge in [0.05, 0.1) is 5.52 Å². The van der Waals surface area contributed by atoms with E-state index in [0.29, 0.717) is 0 Å². The van der Waals surface area contributed by atoms with Crippen LogP contribution in [0.4, 0.5) is 5.69 Å². The highest BCUT2D eigenvalue weighted by Gasteiger charge is 2.01. The van der Waals surface area contributed by atoms with E-state index in [1.54, 1.807) is 0 Å². The number of aromatic nitrogens is 1. The summed E-state index contributed by atoms with van der Waals surface area (Å²) in [4.78, 5) is 4.54. The van der Waals surface area contributed by atoms with Gasteiger partial charge in [-0.2, -0.15) is 0 Å². The van der Waals surface area contributed by atoms with Crippen LogP contribution in [0.3, 0.4) is 0 Å². The maximum atomic E-state index is 4.54. The molecule has 1 N–H and O–H groups in total. The molecular weight excluding hydrogens is 371 g/mol. The van der Waals surface area contributed by atoms with Crippen LogP contribution in [0.1, 0.15) is 16.8 Å². The van der Waals surface area contributed by atoms with Crippen molar-refractivity contribution in [2.45, 2.75) is 20.4 Å². The number of anilines is 1. The number of pyridine rings is 1. The summed E-state index contributed by atoms with van der Waals surface area (Å²) in [6, 6.07) is 17.1. The summed E-state index contributed by atoms with van der Waals surface area (Å²) in [6.45, 7) is 4.98. The molecule has 0 spiro atoms. The molecule has 3 rings (SSSR count). The Morgan fingerprint density at radius 3 is 2.67 bits per heavy atom. The summed E-state index contributed by atoms with van der Waals surface area (Å²) >= 11 is 2.34. The fourth-order valence-corrected chi connectivity index (χ4v) is 3.06. The van der Waals surface area contributed by atoms with Gasteiger partial charge in [0.25, 0.3) is 0 Å². The van der Waals surface area contributed by atoms with Crippen molar-refractivity contribution in [3.05, 3.63) is 68.9 Å². The second-order valence-electron chi connectivity index (χ2n) is 5.29. The molecule has 0 radical (unpaired) electrons. The van der Waals surface area contributed by atoms with Gasteiger partial charge in [0.15, 0.2) is 0 Å². The van der Waals surface area contributed by atoms with Gasteiger partial charge in [-0.05, 0) is 84.0 Å². The van der Waals surface area contributed by atoms with E-state index >= 15 is 0 Å². The molecule has 0 aliphatic carbocycles. The van der Waals surface area contributed by atoms with Crippen LogP contribution in [-0.4, -0.2) is 4.98 Å². The molecule has 0 unspecified atom stereocenters. The van der Waals surface area contributed by atoms with Crippen molar-refractivity contribution in [1.82, 2.24) is 4.98 Å². The van der Waals surface area contributed by atoms with Gasteiger partial charge in [0.2, 0.25) is 0 Å². The molecule has 0 aliphatic heterocycles. The first kappa shape index (κ1) is 14.3. The van der Waals surface area contributed by atoms with Gasteiger partial charge >= 0.3 is 0 Å². The summed E-state index contributed by atoms with van der Waals surface area (Å²) in [5.74, 6) is 0. The molecule has 1 heterocycles. The predicted molar refractivity (Wildman–Crippen MR) is 97.7 cm³/mol. The number of aryl methyl sites for hydroxylation is 2. The molecular formula is C18H17IN2. The highest BCUT2D eigenvalue weighted by Crippen LogP contribution is 2.20. The maximum absolute atomic E-state index is 4.54. The Bertz CT molecular complexity index is 796. The lowest BCUT2D eigenvalue weighted by Crippen LogP contribution is -2.01. The normalized spacial score (nSPS) is 10.8. The smallest absolute Gasteiger partial charge is 0.0705 e. The molecule has 1 aromatic heterocycles. The molecule has 106 valence electrons. The third-order valence-electron chi connectivity index (χ3n) is 3.56. The average molecular weight is 388 g/mol. The molecule has 0 bridgehead atoms. The van der Waals surface area contributed by atoms with Crippen molar-refractivity contribution < 1.29 is 0 Å². The quantitative estimate of drug-likeness (QED) is 0.634. The van der Waals surface area contributed by atoms with Gasteiger partial charge in [0, 0.05) is 26.9 Å². The Labute approximate surface area is 138 Å². The molecule has 2 nitrogen and oxygen atoms in total. The van der Waals surface area contributed by atoms with Crippen LogP contribution in [0.2, 0.25) is 0 Å². The van der Waals surface area contributed by atoms with Gasteiger partial charge in [-0.15, -0.1) is 0 Å². The zero-order valence-corrected chi connectivity index (χ0v) is 14.3. The number of hydrogen-bond acceptors (Lipinski definition) is 2. The lowest BCUT2D eigenvalue weighted by molar-refractivity contribution is 1.14. The van der Waals surface area contributed by atoms with Gasteiger partial charge in [-0.3, -0.25) is 4.98 Å². The van der Waals surface area contributed by atoms with Crippen LogP contribution in [0, 0.1) is 17.4 Å². The standard InChI is InChI=1S/C18H17IN2/c1-12-9-16(19)6-8-17(12)20-11-14-4-7-18-15(10-14)5-3-13(2)21-18/h3-10,20H,11H2,1-2H3. The maximum Gasteiger partial charge on any atom is 0.0705 e. The molecule has 0 saturated heterocycles. The van der Waals surface area contributed by atoms with E-state index < -0.39 is 0 Å². The summed E-state index contributed by atoms with van der Waals surface area (Å²) in [5.41, 5.74) is 5.86. The first-order valence-corrected chi connectivity index (χ1v) is 8.06. The van der Waals surface area contributed by atoms with Crippen molar-refractivity contribution in [2.75, 3.05) is 5.32 Å². The third-order valence-corrected chi connectivity index (χ3v) is 4.24. The molecule has 3 heteroatoms. The average Bonchev–Trinajstić information content (AvgIpc) is 2.46. The van der Waals surface area contributed by atoms with Crippen LogP contribution in [0.5, 0.6) is 0 Å². The minimum atomic E-state index is 0.825.